The first-order valence-corrected chi connectivity index (χ1v) is 7.75. The number of nitrogens with one attached hydrogen (secondary N) is 1. The van der Waals surface area contributed by atoms with Gasteiger partial charge in [-0.3, -0.25) is 9.59 Å². The van der Waals surface area contributed by atoms with Crippen LogP contribution in [0.15, 0.2) is 17.5 Å². The first-order chi connectivity index (χ1) is 9.58. The molecule has 0 aliphatic heterocycles. The number of carboxylic acids is 1. The number of hydrogen-bond acceptors (Lipinski definition) is 4. The summed E-state index contributed by atoms with van der Waals surface area (Å²) in [4.78, 5) is 23.7. The van der Waals surface area contributed by atoms with Crippen molar-refractivity contribution in [2.75, 3.05) is 6.54 Å². The van der Waals surface area contributed by atoms with Gasteiger partial charge in [0.15, 0.2) is 0 Å². The lowest BCUT2D eigenvalue weighted by Gasteiger charge is -2.26. The molecule has 0 spiro atoms. The van der Waals surface area contributed by atoms with E-state index >= 15 is 0 Å². The molecule has 1 saturated carbocycles. The summed E-state index contributed by atoms with van der Waals surface area (Å²) in [7, 11) is 0. The molecular weight excluding hydrogens is 276 g/mol. The van der Waals surface area contributed by atoms with Crippen LogP contribution in [0.25, 0.3) is 0 Å². The van der Waals surface area contributed by atoms with Gasteiger partial charge in [-0.25, -0.2) is 0 Å². The average molecular weight is 296 g/mol. The molecule has 6 heteroatoms. The van der Waals surface area contributed by atoms with Gasteiger partial charge in [-0.1, -0.05) is 6.07 Å². The van der Waals surface area contributed by atoms with Crippen molar-refractivity contribution < 1.29 is 14.7 Å². The van der Waals surface area contributed by atoms with Gasteiger partial charge in [0.05, 0.1) is 5.92 Å². The van der Waals surface area contributed by atoms with Crippen molar-refractivity contribution in [2.24, 2.45) is 17.6 Å². The lowest BCUT2D eigenvalue weighted by Crippen LogP contribution is -2.37. The lowest BCUT2D eigenvalue weighted by molar-refractivity contribution is -0.143. The summed E-state index contributed by atoms with van der Waals surface area (Å²) in [6, 6.07) is 3.12. The number of thiophene rings is 1. The van der Waals surface area contributed by atoms with Crippen LogP contribution in [0, 0.1) is 11.8 Å². The second kappa shape index (κ2) is 6.85. The Morgan fingerprint density at radius 1 is 1.40 bits per heavy atom. The second-order valence-electron chi connectivity index (χ2n) is 5.29. The van der Waals surface area contributed by atoms with Crippen molar-refractivity contribution in [1.82, 2.24) is 5.32 Å². The number of carbonyl (C=O) groups is 2. The minimum Gasteiger partial charge on any atom is -0.481 e. The minimum absolute atomic E-state index is 0.159. The molecule has 20 heavy (non-hydrogen) atoms. The highest BCUT2D eigenvalue weighted by Crippen LogP contribution is 2.28. The van der Waals surface area contributed by atoms with Gasteiger partial charge in [0.1, 0.15) is 6.04 Å². The van der Waals surface area contributed by atoms with Gasteiger partial charge in [0.25, 0.3) is 0 Å². The van der Waals surface area contributed by atoms with Crippen LogP contribution < -0.4 is 11.1 Å². The molecule has 1 aromatic rings. The van der Waals surface area contributed by atoms with Crippen LogP contribution in [0.3, 0.4) is 0 Å². The Morgan fingerprint density at radius 3 is 2.65 bits per heavy atom. The van der Waals surface area contributed by atoms with Gasteiger partial charge in [-0.15, -0.1) is 11.3 Å². The fourth-order valence-corrected chi connectivity index (χ4v) is 3.29. The monoisotopic (exact) mass is 296 g/mol. The Morgan fingerprint density at radius 2 is 2.10 bits per heavy atom. The van der Waals surface area contributed by atoms with Crippen LogP contribution >= 0.6 is 11.3 Å². The standard InChI is InChI=1S/C14H20N2O3S/c15-12(11-2-1-7-20-11)13(17)16-8-9-3-5-10(6-4-9)14(18)19/h1-2,7,9-10,12H,3-6,8,15H2,(H,16,17)(H,18,19). The molecule has 1 atom stereocenters. The van der Waals surface area contributed by atoms with Gasteiger partial charge in [-0.05, 0) is 43.0 Å². The largest absolute Gasteiger partial charge is 0.481 e. The Balaban J connectivity index is 1.73. The SMILES string of the molecule is NC(C(=O)NCC1CCC(C(=O)O)CC1)c1cccs1. The zero-order valence-corrected chi connectivity index (χ0v) is 12.1. The number of carbonyl (C=O) groups excluding carboxylic acids is 1. The van der Waals surface area contributed by atoms with E-state index in [0.29, 0.717) is 25.3 Å². The predicted molar refractivity (Wildman–Crippen MR) is 77.3 cm³/mol. The highest BCUT2D eigenvalue weighted by Gasteiger charge is 2.26. The van der Waals surface area contributed by atoms with Crippen molar-refractivity contribution in [3.8, 4) is 0 Å². The Labute approximate surface area is 122 Å². The quantitative estimate of drug-likeness (QED) is 0.772. The highest BCUT2D eigenvalue weighted by molar-refractivity contribution is 7.10. The van der Waals surface area contributed by atoms with E-state index in [1.807, 2.05) is 17.5 Å². The van der Waals surface area contributed by atoms with Crippen LogP contribution in [0.5, 0.6) is 0 Å². The van der Waals surface area contributed by atoms with Crippen molar-refractivity contribution >= 4 is 23.2 Å². The molecule has 4 N–H and O–H groups in total. The Bertz CT molecular complexity index is 453. The van der Waals surface area contributed by atoms with Crippen LogP contribution in [-0.2, 0) is 9.59 Å². The fourth-order valence-electron chi connectivity index (χ4n) is 2.57. The van der Waals surface area contributed by atoms with Crippen molar-refractivity contribution in [3.63, 3.8) is 0 Å². The number of nitrogens with two attached hydrogens (primary N) is 1. The third-order valence-electron chi connectivity index (χ3n) is 3.89. The Hall–Kier alpha value is -1.40. The van der Waals surface area contributed by atoms with E-state index < -0.39 is 12.0 Å². The molecule has 1 aliphatic rings. The molecule has 2 rings (SSSR count). The maximum atomic E-state index is 11.9. The normalized spacial score (nSPS) is 24.1. The summed E-state index contributed by atoms with van der Waals surface area (Å²) in [6.45, 7) is 0.588. The zero-order chi connectivity index (χ0) is 14.5. The molecular formula is C14H20N2O3S. The van der Waals surface area contributed by atoms with Gasteiger partial charge in [-0.2, -0.15) is 0 Å². The van der Waals surface area contributed by atoms with Crippen molar-refractivity contribution in [2.45, 2.75) is 31.7 Å². The fraction of sp³-hybridized carbons (Fsp3) is 0.571. The van der Waals surface area contributed by atoms with E-state index in [1.54, 1.807) is 0 Å². The van der Waals surface area contributed by atoms with Crippen LogP contribution in [-0.4, -0.2) is 23.5 Å². The smallest absolute Gasteiger partial charge is 0.306 e. The third-order valence-corrected chi connectivity index (χ3v) is 4.85. The molecule has 1 amide bonds. The molecule has 1 unspecified atom stereocenters. The number of rotatable bonds is 5. The van der Waals surface area contributed by atoms with Crippen LogP contribution in [0.2, 0.25) is 0 Å². The van der Waals surface area contributed by atoms with Gasteiger partial charge in [0, 0.05) is 11.4 Å². The van der Waals surface area contributed by atoms with Gasteiger partial charge >= 0.3 is 5.97 Å². The second-order valence-corrected chi connectivity index (χ2v) is 6.27. The van der Waals surface area contributed by atoms with Gasteiger partial charge < -0.3 is 16.2 Å². The molecule has 0 saturated heterocycles. The minimum atomic E-state index is -0.702. The molecule has 0 aromatic carbocycles. The van der Waals surface area contributed by atoms with Crippen molar-refractivity contribution in [3.05, 3.63) is 22.4 Å². The highest BCUT2D eigenvalue weighted by atomic mass is 32.1. The first-order valence-electron chi connectivity index (χ1n) is 6.87. The zero-order valence-electron chi connectivity index (χ0n) is 11.2. The number of aliphatic carboxylic acids is 1. The van der Waals surface area contributed by atoms with Crippen LogP contribution in [0.4, 0.5) is 0 Å². The number of carboxylic acid groups (broad SMARTS) is 1. The van der Waals surface area contributed by atoms with E-state index in [0.717, 1.165) is 17.7 Å². The summed E-state index contributed by atoms with van der Waals surface area (Å²) in [5.41, 5.74) is 5.88. The maximum Gasteiger partial charge on any atom is 0.306 e. The summed E-state index contributed by atoms with van der Waals surface area (Å²) in [5.74, 6) is -0.708. The van der Waals surface area contributed by atoms with Crippen molar-refractivity contribution in [1.29, 1.82) is 0 Å². The number of hydrogen-bond donors (Lipinski definition) is 3. The molecule has 1 fully saturated rings. The summed E-state index contributed by atoms with van der Waals surface area (Å²) in [6.07, 6.45) is 3.11. The molecule has 110 valence electrons. The van der Waals surface area contributed by atoms with E-state index in [-0.39, 0.29) is 11.8 Å². The average Bonchev–Trinajstić information content (AvgIpc) is 2.98. The summed E-state index contributed by atoms with van der Waals surface area (Å²) < 4.78 is 0. The molecule has 5 nitrogen and oxygen atoms in total. The first kappa shape index (κ1) is 15.0. The van der Waals surface area contributed by atoms with E-state index in [2.05, 4.69) is 5.32 Å². The maximum absolute atomic E-state index is 11.9. The topological polar surface area (TPSA) is 92.4 Å². The van der Waals surface area contributed by atoms with Crippen LogP contribution in [0.1, 0.15) is 36.6 Å². The number of amides is 1. The third kappa shape index (κ3) is 3.80. The van der Waals surface area contributed by atoms with E-state index in [9.17, 15) is 9.59 Å². The predicted octanol–water partition coefficient (Wildman–Crippen LogP) is 1.76. The van der Waals surface area contributed by atoms with E-state index in [1.165, 1.54) is 11.3 Å². The molecule has 0 radical (unpaired) electrons. The summed E-state index contributed by atoms with van der Waals surface area (Å²) >= 11 is 1.47. The Kier molecular flexibility index (Phi) is 5.14. The molecule has 0 bridgehead atoms. The van der Waals surface area contributed by atoms with E-state index in [4.69, 9.17) is 10.8 Å². The van der Waals surface area contributed by atoms with Gasteiger partial charge in [0.2, 0.25) is 5.91 Å². The molecule has 1 aliphatic carbocycles. The molecule has 1 aromatic heterocycles. The molecule has 1 heterocycles. The summed E-state index contributed by atoms with van der Waals surface area (Å²) in [5, 5.41) is 13.7. The lowest BCUT2D eigenvalue weighted by atomic mass is 9.82.